The van der Waals surface area contributed by atoms with Gasteiger partial charge in [-0.3, -0.25) is 20.4 Å². The van der Waals surface area contributed by atoms with E-state index in [1.807, 2.05) is 32.0 Å². The van der Waals surface area contributed by atoms with E-state index < -0.39 is 12.0 Å². The lowest BCUT2D eigenvalue weighted by Crippen LogP contribution is -2.47. The fourth-order valence-electron chi connectivity index (χ4n) is 2.29. The lowest BCUT2D eigenvalue weighted by molar-refractivity contribution is -0.132. The average Bonchev–Trinajstić information content (AvgIpc) is 2.88. The molecule has 1 heterocycles. The minimum Gasteiger partial charge on any atom is -0.481 e. The van der Waals surface area contributed by atoms with Gasteiger partial charge in [-0.1, -0.05) is 17.3 Å². The van der Waals surface area contributed by atoms with Crippen molar-refractivity contribution in [2.75, 3.05) is 0 Å². The smallest absolute Gasteiger partial charge is 0.279 e. The molecule has 7 heteroatoms. The molecule has 25 heavy (non-hydrogen) atoms. The highest BCUT2D eigenvalue weighted by atomic mass is 16.5. The number of hydrazine groups is 1. The number of hydrogen-bond acceptors (Lipinski definition) is 5. The molecule has 0 spiro atoms. The van der Waals surface area contributed by atoms with Crippen LogP contribution in [-0.2, 0) is 16.0 Å². The molecule has 1 aromatic heterocycles. The van der Waals surface area contributed by atoms with E-state index in [0.717, 1.165) is 11.1 Å². The zero-order valence-corrected chi connectivity index (χ0v) is 15.1. The summed E-state index contributed by atoms with van der Waals surface area (Å²) in [6.45, 7) is 9.03. The number of amides is 2. The summed E-state index contributed by atoms with van der Waals surface area (Å²) in [4.78, 5) is 24.1. The number of carbonyl (C=O) groups excluding carboxylic acids is 2. The van der Waals surface area contributed by atoms with Crippen LogP contribution in [0.3, 0.4) is 0 Å². The monoisotopic (exact) mass is 345 g/mol. The van der Waals surface area contributed by atoms with Crippen molar-refractivity contribution in [3.05, 3.63) is 46.3 Å². The first-order chi connectivity index (χ1) is 11.8. The lowest BCUT2D eigenvalue weighted by atomic mass is 10.1. The highest BCUT2D eigenvalue weighted by Crippen LogP contribution is 2.21. The van der Waals surface area contributed by atoms with Crippen LogP contribution < -0.4 is 15.6 Å². The second-order valence-electron chi connectivity index (χ2n) is 5.98. The Morgan fingerprint density at radius 2 is 1.92 bits per heavy atom. The Morgan fingerprint density at radius 3 is 2.56 bits per heavy atom. The number of rotatable bonds is 5. The van der Waals surface area contributed by atoms with Gasteiger partial charge in [0, 0.05) is 5.56 Å². The van der Waals surface area contributed by atoms with Crippen molar-refractivity contribution in [1.29, 1.82) is 0 Å². The van der Waals surface area contributed by atoms with Crippen molar-refractivity contribution in [2.45, 2.75) is 47.1 Å². The molecule has 2 aromatic rings. The summed E-state index contributed by atoms with van der Waals surface area (Å²) in [6, 6.07) is 5.65. The molecule has 2 amide bonds. The first kappa shape index (κ1) is 18.5. The van der Waals surface area contributed by atoms with Gasteiger partial charge in [0.15, 0.2) is 6.10 Å². The third-order valence-corrected chi connectivity index (χ3v) is 4.07. The number of ether oxygens (including phenoxy) is 1. The van der Waals surface area contributed by atoms with E-state index >= 15 is 0 Å². The van der Waals surface area contributed by atoms with Crippen LogP contribution in [0.2, 0.25) is 0 Å². The standard InChI is InChI=1S/C18H23N3O4/c1-10-7-6-8-16(11(10)2)24-14(5)18(23)20-19-17(22)9-15-12(3)21-25-13(15)4/h6-8,14H,9H2,1-5H3,(H,19,22)(H,20,23). The predicted octanol–water partition coefficient (Wildman–Crippen LogP) is 2.07. The van der Waals surface area contributed by atoms with Crippen molar-refractivity contribution in [2.24, 2.45) is 0 Å². The maximum Gasteiger partial charge on any atom is 0.279 e. The Labute approximate surface area is 146 Å². The summed E-state index contributed by atoms with van der Waals surface area (Å²) >= 11 is 0. The second kappa shape index (κ2) is 7.83. The lowest BCUT2D eigenvalue weighted by Gasteiger charge is -2.17. The van der Waals surface area contributed by atoms with Gasteiger partial charge in [0.2, 0.25) is 5.91 Å². The molecule has 0 fully saturated rings. The first-order valence-electron chi connectivity index (χ1n) is 8.03. The normalized spacial score (nSPS) is 11.7. The van der Waals surface area contributed by atoms with Gasteiger partial charge in [-0.25, -0.2) is 0 Å². The van der Waals surface area contributed by atoms with E-state index in [0.29, 0.717) is 22.8 Å². The summed E-state index contributed by atoms with van der Waals surface area (Å²) < 4.78 is 10.7. The van der Waals surface area contributed by atoms with Crippen LogP contribution >= 0.6 is 0 Å². The Morgan fingerprint density at radius 1 is 1.20 bits per heavy atom. The van der Waals surface area contributed by atoms with Crippen LogP contribution in [0.15, 0.2) is 22.7 Å². The Balaban J connectivity index is 1.87. The summed E-state index contributed by atoms with van der Waals surface area (Å²) in [6.07, 6.45) is -0.673. The van der Waals surface area contributed by atoms with Gasteiger partial charge < -0.3 is 9.26 Å². The van der Waals surface area contributed by atoms with E-state index in [1.165, 1.54) is 0 Å². The van der Waals surface area contributed by atoms with Crippen molar-refractivity contribution < 1.29 is 18.8 Å². The SMILES string of the molecule is Cc1cccc(OC(C)C(=O)NNC(=O)Cc2c(C)noc2C)c1C. The molecule has 1 unspecified atom stereocenters. The molecule has 0 aliphatic rings. The van der Waals surface area contributed by atoms with Crippen molar-refractivity contribution in [3.8, 4) is 5.75 Å². The fourth-order valence-corrected chi connectivity index (χ4v) is 2.29. The molecule has 7 nitrogen and oxygen atoms in total. The molecule has 0 aliphatic carbocycles. The quantitative estimate of drug-likeness (QED) is 0.809. The molecule has 2 rings (SSSR count). The van der Waals surface area contributed by atoms with Gasteiger partial charge in [-0.15, -0.1) is 0 Å². The van der Waals surface area contributed by atoms with Crippen LogP contribution in [0, 0.1) is 27.7 Å². The number of benzene rings is 1. The fraction of sp³-hybridized carbons (Fsp3) is 0.389. The summed E-state index contributed by atoms with van der Waals surface area (Å²) in [5.41, 5.74) is 8.18. The number of aromatic nitrogens is 1. The minimum absolute atomic E-state index is 0.0771. The number of aryl methyl sites for hydroxylation is 3. The molecule has 0 radical (unpaired) electrons. The molecular weight excluding hydrogens is 322 g/mol. The molecule has 134 valence electrons. The third kappa shape index (κ3) is 4.59. The summed E-state index contributed by atoms with van der Waals surface area (Å²) in [5, 5.41) is 3.79. The van der Waals surface area contributed by atoms with Crippen LogP contribution in [0.25, 0.3) is 0 Å². The van der Waals surface area contributed by atoms with E-state index in [1.54, 1.807) is 20.8 Å². The molecule has 1 aromatic carbocycles. The average molecular weight is 345 g/mol. The number of carbonyl (C=O) groups is 2. The number of nitrogens with one attached hydrogen (secondary N) is 2. The Hall–Kier alpha value is -2.83. The highest BCUT2D eigenvalue weighted by Gasteiger charge is 2.18. The van der Waals surface area contributed by atoms with E-state index in [-0.39, 0.29) is 12.3 Å². The number of nitrogens with zero attached hydrogens (tertiary/aromatic N) is 1. The molecule has 1 atom stereocenters. The van der Waals surface area contributed by atoms with Crippen molar-refractivity contribution >= 4 is 11.8 Å². The van der Waals surface area contributed by atoms with Gasteiger partial charge in [-0.05, 0) is 51.8 Å². The molecule has 0 saturated carbocycles. The zero-order valence-electron chi connectivity index (χ0n) is 15.1. The van der Waals surface area contributed by atoms with Gasteiger partial charge in [0.1, 0.15) is 11.5 Å². The zero-order chi connectivity index (χ0) is 18.6. The number of hydrogen-bond donors (Lipinski definition) is 2. The Kier molecular flexibility index (Phi) is 5.80. The highest BCUT2D eigenvalue weighted by molar-refractivity contribution is 5.85. The van der Waals surface area contributed by atoms with Crippen LogP contribution in [0.1, 0.15) is 35.1 Å². The first-order valence-corrected chi connectivity index (χ1v) is 8.03. The van der Waals surface area contributed by atoms with E-state index in [9.17, 15) is 9.59 Å². The van der Waals surface area contributed by atoms with Crippen LogP contribution in [0.4, 0.5) is 0 Å². The van der Waals surface area contributed by atoms with Crippen LogP contribution in [-0.4, -0.2) is 23.1 Å². The minimum atomic E-state index is -0.750. The molecule has 0 aliphatic heterocycles. The van der Waals surface area contributed by atoms with Gasteiger partial charge >= 0.3 is 0 Å². The topological polar surface area (TPSA) is 93.5 Å². The summed E-state index contributed by atoms with van der Waals surface area (Å²) in [7, 11) is 0. The van der Waals surface area contributed by atoms with Gasteiger partial charge in [-0.2, -0.15) is 0 Å². The second-order valence-corrected chi connectivity index (χ2v) is 5.98. The van der Waals surface area contributed by atoms with Crippen molar-refractivity contribution in [3.63, 3.8) is 0 Å². The maximum atomic E-state index is 12.1. The molecular formula is C18H23N3O4. The molecule has 0 saturated heterocycles. The predicted molar refractivity (Wildman–Crippen MR) is 92.0 cm³/mol. The van der Waals surface area contributed by atoms with Gasteiger partial charge in [0.05, 0.1) is 12.1 Å². The Bertz CT molecular complexity index is 763. The largest absolute Gasteiger partial charge is 0.481 e. The van der Waals surface area contributed by atoms with E-state index in [4.69, 9.17) is 9.26 Å². The maximum absolute atomic E-state index is 12.1. The van der Waals surface area contributed by atoms with E-state index in [2.05, 4.69) is 16.0 Å². The van der Waals surface area contributed by atoms with Crippen molar-refractivity contribution in [1.82, 2.24) is 16.0 Å². The third-order valence-electron chi connectivity index (χ3n) is 4.07. The van der Waals surface area contributed by atoms with Crippen LogP contribution in [0.5, 0.6) is 5.75 Å². The summed E-state index contributed by atoms with van der Waals surface area (Å²) in [5.74, 6) is 0.435. The van der Waals surface area contributed by atoms with Gasteiger partial charge in [0.25, 0.3) is 5.91 Å². The molecule has 2 N–H and O–H groups in total. The molecule has 0 bridgehead atoms.